The Balaban J connectivity index is 2.42. The summed E-state index contributed by atoms with van der Waals surface area (Å²) in [5, 5.41) is 1.80. The van der Waals surface area contributed by atoms with Crippen LogP contribution in [0.15, 0.2) is 23.2 Å². The maximum Gasteiger partial charge on any atom is 0.257 e. The Bertz CT molecular complexity index is 411. The van der Waals surface area contributed by atoms with Gasteiger partial charge in [-0.15, -0.1) is 0 Å². The number of rotatable bonds is 1. The first-order valence-corrected chi connectivity index (χ1v) is 5.60. The minimum absolute atomic E-state index is 0.110. The largest absolute Gasteiger partial charge is 0.272 e. The summed E-state index contributed by atoms with van der Waals surface area (Å²) < 4.78 is 0. The number of hydrogen-bond acceptors (Lipinski definition) is 2. The Labute approximate surface area is 95.3 Å². The van der Waals surface area contributed by atoms with Gasteiger partial charge in [0.2, 0.25) is 0 Å². The van der Waals surface area contributed by atoms with Crippen LogP contribution in [0.2, 0.25) is 10.0 Å². The smallest absolute Gasteiger partial charge is 0.257 e. The second-order valence-corrected chi connectivity index (χ2v) is 4.59. The summed E-state index contributed by atoms with van der Waals surface area (Å²) in [5.74, 6) is 0.292. The zero-order valence-electron chi connectivity index (χ0n) is 6.96. The van der Waals surface area contributed by atoms with Gasteiger partial charge in [0.05, 0.1) is 5.75 Å². The van der Waals surface area contributed by atoms with E-state index in [-0.39, 0.29) is 5.91 Å². The Morgan fingerprint density at radius 3 is 2.36 bits per heavy atom. The van der Waals surface area contributed by atoms with Crippen molar-refractivity contribution in [2.75, 3.05) is 5.75 Å². The van der Waals surface area contributed by atoms with Gasteiger partial charge >= 0.3 is 0 Å². The zero-order valence-corrected chi connectivity index (χ0v) is 9.29. The normalized spacial score (nSPS) is 15.9. The van der Waals surface area contributed by atoms with E-state index in [4.69, 9.17) is 23.2 Å². The molecule has 1 heterocycles. The van der Waals surface area contributed by atoms with Crippen molar-refractivity contribution in [3.63, 3.8) is 0 Å². The standard InChI is InChI=1S/C9H5Cl2NOS/c10-6-1-5(2-7(11)3-6)9-12-8(13)4-14-9/h1-3H,4H2. The molecule has 0 unspecified atom stereocenters. The minimum Gasteiger partial charge on any atom is -0.272 e. The molecule has 1 amide bonds. The second kappa shape index (κ2) is 3.93. The number of aliphatic imine (C=N–C) groups is 1. The highest BCUT2D eigenvalue weighted by Gasteiger charge is 2.16. The molecule has 0 bridgehead atoms. The average molecular weight is 246 g/mol. The first-order valence-electron chi connectivity index (χ1n) is 3.86. The molecule has 1 aliphatic rings. The fraction of sp³-hybridized carbons (Fsp3) is 0.111. The van der Waals surface area contributed by atoms with Crippen molar-refractivity contribution in [1.82, 2.24) is 0 Å². The van der Waals surface area contributed by atoms with Gasteiger partial charge in [-0.25, -0.2) is 4.99 Å². The van der Waals surface area contributed by atoms with E-state index in [1.165, 1.54) is 11.8 Å². The summed E-state index contributed by atoms with van der Waals surface area (Å²) in [7, 11) is 0. The molecule has 0 atom stereocenters. The first kappa shape index (κ1) is 10.0. The molecule has 0 N–H and O–H groups in total. The van der Waals surface area contributed by atoms with E-state index in [0.717, 1.165) is 5.56 Å². The molecule has 1 aromatic carbocycles. The Morgan fingerprint density at radius 1 is 1.21 bits per heavy atom. The summed E-state index contributed by atoms with van der Waals surface area (Å²) in [5.41, 5.74) is 0.804. The summed E-state index contributed by atoms with van der Waals surface area (Å²) in [6, 6.07) is 5.14. The number of benzene rings is 1. The van der Waals surface area contributed by atoms with Crippen molar-refractivity contribution < 1.29 is 4.79 Å². The zero-order chi connectivity index (χ0) is 10.1. The molecule has 2 rings (SSSR count). The van der Waals surface area contributed by atoms with Crippen LogP contribution in [0.1, 0.15) is 5.56 Å². The van der Waals surface area contributed by atoms with Gasteiger partial charge in [0.15, 0.2) is 0 Å². The fourth-order valence-electron chi connectivity index (χ4n) is 1.13. The quantitative estimate of drug-likeness (QED) is 0.762. The number of hydrogen-bond donors (Lipinski definition) is 0. The molecule has 0 aliphatic carbocycles. The third kappa shape index (κ3) is 2.11. The van der Waals surface area contributed by atoms with Crippen LogP contribution < -0.4 is 0 Å². The van der Waals surface area contributed by atoms with E-state index in [2.05, 4.69) is 4.99 Å². The summed E-state index contributed by atoms with van der Waals surface area (Å²) in [6.45, 7) is 0. The SMILES string of the molecule is O=C1CSC(c2cc(Cl)cc(Cl)c2)=N1. The predicted molar refractivity (Wildman–Crippen MR) is 60.5 cm³/mol. The van der Waals surface area contributed by atoms with Crippen LogP contribution >= 0.6 is 35.0 Å². The molecule has 0 saturated heterocycles. The number of thioether (sulfide) groups is 1. The molecule has 0 saturated carbocycles. The monoisotopic (exact) mass is 245 g/mol. The van der Waals surface area contributed by atoms with Gasteiger partial charge < -0.3 is 0 Å². The van der Waals surface area contributed by atoms with Crippen molar-refractivity contribution in [1.29, 1.82) is 0 Å². The lowest BCUT2D eigenvalue weighted by atomic mass is 10.2. The topological polar surface area (TPSA) is 29.4 Å². The number of nitrogens with zero attached hydrogens (tertiary/aromatic N) is 1. The highest BCUT2D eigenvalue weighted by atomic mass is 35.5. The lowest BCUT2D eigenvalue weighted by Crippen LogP contribution is -1.91. The minimum atomic E-state index is -0.110. The number of amides is 1. The summed E-state index contributed by atoms with van der Waals surface area (Å²) in [4.78, 5) is 14.8. The molecule has 0 fully saturated rings. The van der Waals surface area contributed by atoms with Crippen LogP contribution in [-0.2, 0) is 4.79 Å². The molecular formula is C9H5Cl2NOS. The van der Waals surface area contributed by atoms with E-state index in [9.17, 15) is 4.79 Å². The summed E-state index contributed by atoms with van der Waals surface area (Å²) in [6.07, 6.45) is 0. The molecule has 0 spiro atoms. The predicted octanol–water partition coefficient (Wildman–Crippen LogP) is 3.01. The van der Waals surface area contributed by atoms with E-state index in [0.29, 0.717) is 20.8 Å². The average Bonchev–Trinajstić information content (AvgIpc) is 2.50. The fourth-order valence-corrected chi connectivity index (χ4v) is 2.43. The van der Waals surface area contributed by atoms with E-state index in [1.807, 2.05) is 0 Å². The lowest BCUT2D eigenvalue weighted by Gasteiger charge is -2.00. The van der Waals surface area contributed by atoms with Crippen LogP contribution in [0.25, 0.3) is 0 Å². The van der Waals surface area contributed by atoms with Gasteiger partial charge in [-0.05, 0) is 18.2 Å². The van der Waals surface area contributed by atoms with Gasteiger partial charge in [0.25, 0.3) is 5.91 Å². The maximum atomic E-state index is 10.9. The van der Waals surface area contributed by atoms with Crippen LogP contribution in [0.5, 0.6) is 0 Å². The van der Waals surface area contributed by atoms with Crippen LogP contribution in [0, 0.1) is 0 Å². The van der Waals surface area contributed by atoms with Gasteiger partial charge in [0.1, 0.15) is 5.04 Å². The number of carbonyl (C=O) groups is 1. The molecule has 72 valence electrons. The van der Waals surface area contributed by atoms with E-state index < -0.39 is 0 Å². The van der Waals surface area contributed by atoms with Gasteiger partial charge in [-0.1, -0.05) is 35.0 Å². The lowest BCUT2D eigenvalue weighted by molar-refractivity contribution is -0.115. The highest BCUT2D eigenvalue weighted by Crippen LogP contribution is 2.25. The Kier molecular flexibility index (Phi) is 2.81. The van der Waals surface area contributed by atoms with E-state index in [1.54, 1.807) is 18.2 Å². The van der Waals surface area contributed by atoms with Crippen LogP contribution in [-0.4, -0.2) is 16.7 Å². The van der Waals surface area contributed by atoms with Crippen molar-refractivity contribution in [2.24, 2.45) is 4.99 Å². The molecular weight excluding hydrogens is 241 g/mol. The third-order valence-corrected chi connectivity index (χ3v) is 3.10. The van der Waals surface area contributed by atoms with Crippen LogP contribution in [0.3, 0.4) is 0 Å². The van der Waals surface area contributed by atoms with Gasteiger partial charge in [-0.2, -0.15) is 0 Å². The molecule has 2 nitrogen and oxygen atoms in total. The molecule has 1 aromatic rings. The molecule has 14 heavy (non-hydrogen) atoms. The van der Waals surface area contributed by atoms with Crippen molar-refractivity contribution in [2.45, 2.75) is 0 Å². The molecule has 5 heteroatoms. The summed E-state index contributed by atoms with van der Waals surface area (Å²) >= 11 is 13.1. The number of halogens is 2. The Hall–Kier alpha value is -0.510. The van der Waals surface area contributed by atoms with Crippen molar-refractivity contribution in [3.05, 3.63) is 33.8 Å². The molecule has 0 radical (unpaired) electrons. The first-order chi connectivity index (χ1) is 6.65. The molecule has 1 aliphatic heterocycles. The second-order valence-electron chi connectivity index (χ2n) is 2.76. The third-order valence-electron chi connectivity index (χ3n) is 1.67. The Morgan fingerprint density at radius 2 is 1.86 bits per heavy atom. The highest BCUT2D eigenvalue weighted by molar-refractivity contribution is 8.15. The molecule has 0 aromatic heterocycles. The van der Waals surface area contributed by atoms with Crippen molar-refractivity contribution in [3.8, 4) is 0 Å². The van der Waals surface area contributed by atoms with Gasteiger partial charge in [-0.3, -0.25) is 4.79 Å². The van der Waals surface area contributed by atoms with E-state index >= 15 is 0 Å². The number of carbonyl (C=O) groups excluding carboxylic acids is 1. The van der Waals surface area contributed by atoms with Gasteiger partial charge in [0, 0.05) is 15.6 Å². The maximum absolute atomic E-state index is 10.9. The van der Waals surface area contributed by atoms with Crippen molar-refractivity contribution >= 4 is 45.9 Å². The van der Waals surface area contributed by atoms with Crippen LogP contribution in [0.4, 0.5) is 0 Å².